The Bertz CT molecular complexity index is 1160. The van der Waals surface area contributed by atoms with Crippen molar-refractivity contribution in [2.75, 3.05) is 23.8 Å². The molecule has 0 saturated heterocycles. The van der Waals surface area contributed by atoms with Gasteiger partial charge in [0.15, 0.2) is 0 Å². The Balaban J connectivity index is 1.36. The molecular formula is C24H28N4O3S2. The highest BCUT2D eigenvalue weighted by atomic mass is 32.1. The van der Waals surface area contributed by atoms with Crippen LogP contribution in [0, 0.1) is 0 Å². The third-order valence-corrected chi connectivity index (χ3v) is 8.58. The lowest BCUT2D eigenvalue weighted by Gasteiger charge is -2.15. The lowest BCUT2D eigenvalue weighted by Crippen LogP contribution is -2.29. The number of hydrogen-bond acceptors (Lipinski definition) is 6. The summed E-state index contributed by atoms with van der Waals surface area (Å²) in [4.78, 5) is 26.8. The second-order valence-electron chi connectivity index (χ2n) is 8.26. The number of anilines is 2. The maximum Gasteiger partial charge on any atom is 0.341 e. The molecule has 1 aliphatic heterocycles. The molecule has 0 bridgehead atoms. The third-order valence-electron chi connectivity index (χ3n) is 6.13. The number of carbonyl (C=O) groups is 2. The van der Waals surface area contributed by atoms with Crippen LogP contribution in [0.3, 0.4) is 0 Å². The molecule has 3 N–H and O–H groups in total. The van der Waals surface area contributed by atoms with Crippen LogP contribution in [0.5, 0.6) is 0 Å². The fraction of sp³-hybridized carbons (Fsp3) is 0.417. The molecule has 5 rings (SSSR count). The zero-order valence-corrected chi connectivity index (χ0v) is 20.3. The molecule has 3 aromatic heterocycles. The minimum atomic E-state index is -0.347. The number of fused-ring (bicyclic) bond motifs is 2. The number of nitrogens with one attached hydrogen (secondary N) is 3. The molecule has 0 fully saturated rings. The van der Waals surface area contributed by atoms with Crippen molar-refractivity contribution < 1.29 is 14.3 Å². The van der Waals surface area contributed by atoms with E-state index in [1.807, 2.05) is 24.5 Å². The van der Waals surface area contributed by atoms with E-state index in [4.69, 9.17) is 4.74 Å². The predicted molar refractivity (Wildman–Crippen MR) is 133 cm³/mol. The first-order valence-electron chi connectivity index (χ1n) is 11.5. The van der Waals surface area contributed by atoms with Crippen LogP contribution in [0.4, 0.5) is 14.8 Å². The van der Waals surface area contributed by atoms with E-state index in [1.54, 1.807) is 18.3 Å². The molecule has 2 amide bonds. The van der Waals surface area contributed by atoms with Gasteiger partial charge in [-0.1, -0.05) is 11.3 Å². The summed E-state index contributed by atoms with van der Waals surface area (Å²) in [5.74, 6) is -0.347. The average molecular weight is 485 g/mol. The minimum Gasteiger partial charge on any atom is -0.462 e. The standard InChI is InChI=1S/C24H28N4O3S2/c1-2-31-23(29)19-16-8-3-4-10-18(16)32-21(19)27-24(30)26-14-17-15-9-7-11-25-20(15)33-22(17)28-12-5-6-13-28/h5-6,12-13,25H,2-4,7-11,14H2,1H3,(H2,26,27,30). The van der Waals surface area contributed by atoms with Crippen molar-refractivity contribution in [1.82, 2.24) is 9.88 Å². The highest BCUT2D eigenvalue weighted by Crippen LogP contribution is 2.40. The molecule has 174 valence electrons. The van der Waals surface area contributed by atoms with Gasteiger partial charge in [0.2, 0.25) is 0 Å². The van der Waals surface area contributed by atoms with Crippen LogP contribution in [0.1, 0.15) is 58.1 Å². The van der Waals surface area contributed by atoms with Crippen molar-refractivity contribution in [3.05, 3.63) is 51.7 Å². The second kappa shape index (κ2) is 9.61. The van der Waals surface area contributed by atoms with Gasteiger partial charge in [-0.15, -0.1) is 11.3 Å². The summed E-state index contributed by atoms with van der Waals surface area (Å²) >= 11 is 3.23. The largest absolute Gasteiger partial charge is 0.462 e. The van der Waals surface area contributed by atoms with Crippen molar-refractivity contribution in [2.24, 2.45) is 0 Å². The van der Waals surface area contributed by atoms with Gasteiger partial charge in [0.1, 0.15) is 10.0 Å². The number of thiophene rings is 2. The van der Waals surface area contributed by atoms with E-state index in [0.717, 1.165) is 61.2 Å². The van der Waals surface area contributed by atoms with Crippen LogP contribution in [0.2, 0.25) is 0 Å². The number of rotatable bonds is 6. The number of aryl methyl sites for hydroxylation is 1. The van der Waals surface area contributed by atoms with E-state index in [-0.39, 0.29) is 12.0 Å². The highest BCUT2D eigenvalue weighted by Gasteiger charge is 2.27. The summed E-state index contributed by atoms with van der Waals surface area (Å²) in [6, 6.07) is 3.71. The maximum absolute atomic E-state index is 12.9. The van der Waals surface area contributed by atoms with E-state index >= 15 is 0 Å². The lowest BCUT2D eigenvalue weighted by atomic mass is 9.95. The lowest BCUT2D eigenvalue weighted by molar-refractivity contribution is 0.0526. The summed E-state index contributed by atoms with van der Waals surface area (Å²) in [5.41, 5.74) is 4.02. The molecule has 0 saturated carbocycles. The monoisotopic (exact) mass is 484 g/mol. The van der Waals surface area contributed by atoms with Gasteiger partial charge < -0.3 is 19.9 Å². The molecule has 9 heteroatoms. The Morgan fingerprint density at radius 1 is 1.09 bits per heavy atom. The minimum absolute atomic E-state index is 0.304. The molecule has 0 spiro atoms. The summed E-state index contributed by atoms with van der Waals surface area (Å²) < 4.78 is 7.40. The van der Waals surface area contributed by atoms with E-state index < -0.39 is 0 Å². The number of hydrogen-bond donors (Lipinski definition) is 3. The maximum atomic E-state index is 12.9. The number of nitrogens with zero attached hydrogens (tertiary/aromatic N) is 1. The van der Waals surface area contributed by atoms with E-state index in [0.29, 0.717) is 23.7 Å². The Morgan fingerprint density at radius 3 is 2.70 bits per heavy atom. The summed E-state index contributed by atoms with van der Waals surface area (Å²) in [5, 5.41) is 12.4. The zero-order chi connectivity index (χ0) is 22.8. The van der Waals surface area contributed by atoms with Crippen molar-refractivity contribution >= 4 is 44.7 Å². The Kier molecular flexibility index (Phi) is 6.41. The van der Waals surface area contributed by atoms with Gasteiger partial charge in [-0.3, -0.25) is 5.32 Å². The van der Waals surface area contributed by atoms with Crippen LogP contribution in [-0.4, -0.2) is 29.7 Å². The van der Waals surface area contributed by atoms with Gasteiger partial charge >= 0.3 is 12.0 Å². The van der Waals surface area contributed by atoms with Gasteiger partial charge in [0, 0.05) is 35.9 Å². The summed E-state index contributed by atoms with van der Waals surface area (Å²) in [6.45, 7) is 3.52. The summed E-state index contributed by atoms with van der Waals surface area (Å²) in [6.07, 6.45) is 10.1. The number of aromatic nitrogens is 1. The molecule has 2 aliphatic rings. The van der Waals surface area contributed by atoms with Crippen LogP contribution < -0.4 is 16.0 Å². The predicted octanol–water partition coefficient (Wildman–Crippen LogP) is 5.34. The first-order chi connectivity index (χ1) is 16.2. The molecule has 1 aliphatic carbocycles. The van der Waals surface area contributed by atoms with Gasteiger partial charge in [-0.2, -0.15) is 0 Å². The smallest absolute Gasteiger partial charge is 0.341 e. The molecule has 0 radical (unpaired) electrons. The SMILES string of the molecule is CCOC(=O)c1c(NC(=O)NCc2c(-n3cccc3)sc3c2CCCN3)sc2c1CCCC2. The van der Waals surface area contributed by atoms with Crippen LogP contribution in [-0.2, 0) is 30.5 Å². The Labute approximate surface area is 201 Å². The van der Waals surface area contributed by atoms with E-state index in [9.17, 15) is 9.59 Å². The fourth-order valence-corrected chi connectivity index (χ4v) is 7.14. The van der Waals surface area contributed by atoms with Crippen molar-refractivity contribution in [3.8, 4) is 5.00 Å². The van der Waals surface area contributed by atoms with Gasteiger partial charge in [0.25, 0.3) is 0 Å². The normalized spacial score (nSPS) is 14.7. The number of amides is 2. The molecule has 0 aromatic carbocycles. The van der Waals surface area contributed by atoms with E-state index in [1.165, 1.54) is 26.8 Å². The number of ether oxygens (including phenoxy) is 1. The Morgan fingerprint density at radius 2 is 1.88 bits per heavy atom. The molecule has 0 unspecified atom stereocenters. The first kappa shape index (κ1) is 22.0. The van der Waals surface area contributed by atoms with Crippen LogP contribution in [0.15, 0.2) is 24.5 Å². The van der Waals surface area contributed by atoms with Gasteiger partial charge in [0.05, 0.1) is 17.2 Å². The molecular weight excluding hydrogens is 456 g/mol. The fourth-order valence-electron chi connectivity index (χ4n) is 4.61. The second-order valence-corrected chi connectivity index (χ2v) is 10.4. The van der Waals surface area contributed by atoms with Gasteiger partial charge in [-0.25, -0.2) is 9.59 Å². The number of urea groups is 1. The zero-order valence-electron chi connectivity index (χ0n) is 18.7. The van der Waals surface area contributed by atoms with Gasteiger partial charge in [-0.05, 0) is 68.7 Å². The topological polar surface area (TPSA) is 84.4 Å². The van der Waals surface area contributed by atoms with Crippen molar-refractivity contribution in [3.63, 3.8) is 0 Å². The van der Waals surface area contributed by atoms with E-state index in [2.05, 4.69) is 20.5 Å². The van der Waals surface area contributed by atoms with Crippen LogP contribution in [0.25, 0.3) is 5.00 Å². The molecule has 0 atom stereocenters. The van der Waals surface area contributed by atoms with Crippen molar-refractivity contribution in [1.29, 1.82) is 0 Å². The first-order valence-corrected chi connectivity index (χ1v) is 13.2. The number of esters is 1. The molecule has 4 heterocycles. The third kappa shape index (κ3) is 4.39. The Hall–Kier alpha value is -2.78. The number of carbonyl (C=O) groups excluding carboxylic acids is 2. The molecule has 33 heavy (non-hydrogen) atoms. The van der Waals surface area contributed by atoms with Crippen LogP contribution >= 0.6 is 22.7 Å². The average Bonchev–Trinajstić information content (AvgIpc) is 3.54. The van der Waals surface area contributed by atoms with Crippen molar-refractivity contribution in [2.45, 2.75) is 52.0 Å². The highest BCUT2D eigenvalue weighted by molar-refractivity contribution is 7.19. The summed E-state index contributed by atoms with van der Waals surface area (Å²) in [7, 11) is 0. The molecule has 3 aromatic rings. The quantitative estimate of drug-likeness (QED) is 0.413. The molecule has 7 nitrogen and oxygen atoms in total.